The van der Waals surface area contributed by atoms with Gasteiger partial charge in [-0.05, 0) is 32.4 Å². The van der Waals surface area contributed by atoms with Crippen LogP contribution in [0.2, 0.25) is 0 Å². The van der Waals surface area contributed by atoms with E-state index in [-0.39, 0.29) is 30.9 Å². The summed E-state index contributed by atoms with van der Waals surface area (Å²) < 4.78 is 37.7. The Morgan fingerprint density at radius 1 is 1.09 bits per heavy atom. The molecule has 1 N–H and O–H groups in total. The molecule has 234 valence electrons. The third kappa shape index (κ3) is 8.47. The highest BCUT2D eigenvalue weighted by molar-refractivity contribution is 7.16. The van der Waals surface area contributed by atoms with Crippen LogP contribution in [0.4, 0.5) is 30.1 Å². The van der Waals surface area contributed by atoms with Crippen molar-refractivity contribution in [2.75, 3.05) is 43.9 Å². The molecule has 5 heterocycles. The number of nitrogens with zero attached hydrogens (tertiary/aromatic N) is 8. The van der Waals surface area contributed by atoms with Crippen LogP contribution in [0.15, 0.2) is 36.1 Å². The van der Waals surface area contributed by atoms with E-state index in [0.717, 1.165) is 50.2 Å². The Kier molecular flexibility index (Phi) is 10.5. The van der Waals surface area contributed by atoms with Gasteiger partial charge < -0.3 is 20.0 Å². The predicted octanol–water partition coefficient (Wildman–Crippen LogP) is 4.95. The molecule has 0 bridgehead atoms. The molecule has 16 heteroatoms. The molecule has 4 aromatic heterocycles. The number of thiazole rings is 2. The molecule has 1 fully saturated rings. The lowest BCUT2D eigenvalue weighted by Gasteiger charge is -2.39. The summed E-state index contributed by atoms with van der Waals surface area (Å²) in [6.07, 6.45) is -0.382. The summed E-state index contributed by atoms with van der Waals surface area (Å²) in [7, 11) is 3.24. The molecule has 0 aliphatic carbocycles. The first-order valence-corrected chi connectivity index (χ1v) is 15.2. The van der Waals surface area contributed by atoms with Gasteiger partial charge >= 0.3 is 6.18 Å². The molecule has 1 unspecified atom stereocenters. The van der Waals surface area contributed by atoms with Crippen LogP contribution in [0, 0.1) is 20.8 Å². The molecule has 0 radical (unpaired) electrons. The van der Waals surface area contributed by atoms with E-state index < -0.39 is 11.7 Å². The van der Waals surface area contributed by atoms with Crippen molar-refractivity contribution in [3.8, 4) is 10.6 Å². The van der Waals surface area contributed by atoms with Crippen LogP contribution >= 0.6 is 22.7 Å². The van der Waals surface area contributed by atoms with E-state index in [1.54, 1.807) is 41.7 Å². The summed E-state index contributed by atoms with van der Waals surface area (Å²) in [4.78, 5) is 49.7. The minimum atomic E-state index is -4.49. The number of alkyl halides is 3. The summed E-state index contributed by atoms with van der Waals surface area (Å²) >= 11 is 3.26. The molecule has 44 heavy (non-hydrogen) atoms. The largest absolute Gasteiger partial charge is 0.419 e. The molecule has 11 nitrogen and oxygen atoms in total. The molecule has 2 amide bonds. The van der Waals surface area contributed by atoms with Crippen molar-refractivity contribution < 1.29 is 22.8 Å². The van der Waals surface area contributed by atoms with Crippen molar-refractivity contribution in [2.24, 2.45) is 0 Å². The van der Waals surface area contributed by atoms with E-state index in [1.165, 1.54) is 9.80 Å². The van der Waals surface area contributed by atoms with E-state index in [0.29, 0.717) is 19.5 Å². The maximum atomic E-state index is 12.6. The van der Waals surface area contributed by atoms with Crippen molar-refractivity contribution in [3.05, 3.63) is 57.9 Å². The Morgan fingerprint density at radius 3 is 2.39 bits per heavy atom. The number of halogens is 3. The van der Waals surface area contributed by atoms with Gasteiger partial charge in [-0.3, -0.25) is 9.59 Å². The fourth-order valence-electron chi connectivity index (χ4n) is 4.24. The van der Waals surface area contributed by atoms with Gasteiger partial charge in [0.05, 0.1) is 32.9 Å². The molecule has 1 aliphatic heterocycles. The summed E-state index contributed by atoms with van der Waals surface area (Å²) in [5.74, 6) is 0.826. The number of hydrogen-bond donors (Lipinski definition) is 1. The minimum Gasteiger partial charge on any atom is -0.349 e. The average molecular weight is 648 g/mol. The zero-order valence-electron chi connectivity index (χ0n) is 24.8. The third-order valence-corrected chi connectivity index (χ3v) is 8.46. The lowest BCUT2D eigenvalue weighted by Crippen LogP contribution is -2.54. The summed E-state index contributed by atoms with van der Waals surface area (Å²) in [5.41, 5.74) is 2.24. The second-order valence-corrected chi connectivity index (χ2v) is 12.3. The number of piperazine rings is 1. The first-order chi connectivity index (χ1) is 20.8. The normalized spacial score (nSPS) is 15.0. The van der Waals surface area contributed by atoms with Gasteiger partial charge in [0, 0.05) is 64.1 Å². The maximum absolute atomic E-state index is 12.6. The van der Waals surface area contributed by atoms with Crippen LogP contribution in [0.3, 0.4) is 0 Å². The average Bonchev–Trinajstić information content (AvgIpc) is 3.59. The number of rotatable bonds is 7. The van der Waals surface area contributed by atoms with Gasteiger partial charge in [0.1, 0.15) is 5.82 Å². The van der Waals surface area contributed by atoms with Gasteiger partial charge in [-0.15, -0.1) is 22.7 Å². The Balaban J connectivity index is 0.000000204. The topological polar surface area (TPSA) is 120 Å². The van der Waals surface area contributed by atoms with Crippen molar-refractivity contribution >= 4 is 51.9 Å². The predicted molar refractivity (Wildman–Crippen MR) is 164 cm³/mol. The van der Waals surface area contributed by atoms with Gasteiger partial charge in [-0.2, -0.15) is 13.2 Å². The highest BCUT2D eigenvalue weighted by Gasteiger charge is 2.33. The standard InChI is InChI=1S/C14H18F3N5O2.C14H14N4S2/c1-20(2)12(24)5-11-8-21(3-4-22(11)9-23)13-18-6-10(7-19-13)14(15,16)17;1-8-4-5-12(15-6-8)18-14-17-11(7-19-14)13-9(2)16-10(3)20-13/h6-7,9,11H,3-5,8H2,1-2H3;4-7H,1-3H3,(H,15,17,18). The molecule has 1 atom stereocenters. The highest BCUT2D eigenvalue weighted by Crippen LogP contribution is 2.33. The summed E-state index contributed by atoms with van der Waals surface area (Å²) in [6, 6.07) is 3.61. The van der Waals surface area contributed by atoms with Gasteiger partial charge in [0.15, 0.2) is 5.13 Å². The molecule has 0 saturated carbocycles. The van der Waals surface area contributed by atoms with Gasteiger partial charge in [0.2, 0.25) is 18.3 Å². The summed E-state index contributed by atoms with van der Waals surface area (Å²) in [6.45, 7) is 7.07. The fraction of sp³-hybridized carbons (Fsp3) is 0.393. The number of carbonyl (C=O) groups is 2. The number of amides is 2. The Hall–Kier alpha value is -4.18. The SMILES string of the molecule is CN(C)C(=O)CC1CN(c2ncc(C(F)(F)F)cn2)CCN1C=O.Cc1ccc(Nc2nc(-c3sc(C)nc3C)cs2)nc1. The van der Waals surface area contributed by atoms with Gasteiger partial charge in [-0.1, -0.05) is 6.07 Å². The third-order valence-electron chi connectivity index (χ3n) is 6.61. The van der Waals surface area contributed by atoms with Crippen LogP contribution in [0.5, 0.6) is 0 Å². The maximum Gasteiger partial charge on any atom is 0.419 e. The Labute approximate surface area is 260 Å². The first-order valence-electron chi connectivity index (χ1n) is 13.5. The lowest BCUT2D eigenvalue weighted by atomic mass is 10.1. The lowest BCUT2D eigenvalue weighted by molar-refractivity contribution is -0.138. The second-order valence-electron chi connectivity index (χ2n) is 10.2. The number of nitrogens with one attached hydrogen (secondary N) is 1. The molecule has 1 saturated heterocycles. The van der Waals surface area contributed by atoms with Crippen molar-refractivity contribution in [1.29, 1.82) is 0 Å². The number of pyridine rings is 1. The zero-order valence-corrected chi connectivity index (χ0v) is 26.4. The molecule has 0 spiro atoms. The van der Waals surface area contributed by atoms with Crippen molar-refractivity contribution in [3.63, 3.8) is 0 Å². The van der Waals surface area contributed by atoms with Crippen LogP contribution in [0.25, 0.3) is 10.6 Å². The van der Waals surface area contributed by atoms with Crippen LogP contribution in [0.1, 0.15) is 28.2 Å². The zero-order chi connectivity index (χ0) is 32.0. The van der Waals surface area contributed by atoms with Gasteiger partial charge in [0.25, 0.3) is 0 Å². The molecular formula is C28H32F3N9O2S2. The van der Waals surface area contributed by atoms with Gasteiger partial charge in [-0.25, -0.2) is 24.9 Å². The summed E-state index contributed by atoms with van der Waals surface area (Å²) in [5, 5.41) is 7.20. The van der Waals surface area contributed by atoms with E-state index >= 15 is 0 Å². The number of hydrogen-bond acceptors (Lipinski definition) is 11. The van der Waals surface area contributed by atoms with Crippen molar-refractivity contribution in [2.45, 2.75) is 39.4 Å². The number of carbonyl (C=O) groups excluding carboxylic acids is 2. The second kappa shape index (κ2) is 14.1. The van der Waals surface area contributed by atoms with E-state index in [2.05, 4.69) is 35.6 Å². The number of anilines is 3. The number of aromatic nitrogens is 5. The van der Waals surface area contributed by atoms with Crippen LogP contribution in [-0.2, 0) is 15.8 Å². The van der Waals surface area contributed by atoms with Crippen molar-refractivity contribution in [1.82, 2.24) is 34.7 Å². The van der Waals surface area contributed by atoms with E-state index in [1.807, 2.05) is 39.1 Å². The Bertz CT molecular complexity index is 1560. The minimum absolute atomic E-state index is 0.128. The first kappa shape index (κ1) is 32.7. The van der Waals surface area contributed by atoms with E-state index in [4.69, 9.17) is 0 Å². The molecular weight excluding hydrogens is 615 g/mol. The Morgan fingerprint density at radius 2 is 1.82 bits per heavy atom. The molecule has 4 aromatic rings. The van der Waals surface area contributed by atoms with E-state index in [9.17, 15) is 22.8 Å². The fourth-order valence-corrected chi connectivity index (χ4v) is 5.91. The number of aryl methyl sites for hydroxylation is 3. The quantitative estimate of drug-likeness (QED) is 0.278. The molecule has 0 aromatic carbocycles. The van der Waals surface area contributed by atoms with Crippen LogP contribution < -0.4 is 10.2 Å². The van der Waals surface area contributed by atoms with Crippen LogP contribution in [-0.4, -0.2) is 86.8 Å². The molecule has 5 rings (SSSR count). The molecule has 1 aliphatic rings. The monoisotopic (exact) mass is 647 g/mol. The smallest absolute Gasteiger partial charge is 0.349 e. The highest BCUT2D eigenvalue weighted by atomic mass is 32.1.